The second-order valence-corrected chi connectivity index (χ2v) is 18.0. The van der Waals surface area contributed by atoms with Crippen molar-refractivity contribution >= 4 is 36.9 Å². The van der Waals surface area contributed by atoms with E-state index >= 15 is 0 Å². The van der Waals surface area contributed by atoms with Gasteiger partial charge in [0, 0.05) is 17.3 Å². The lowest BCUT2D eigenvalue weighted by Gasteiger charge is -2.39. The SMILES string of the molecule is COC(=O)C[C@H]1[C@H]([Si](C)(C)c2ccc(OC)cc2)[C@@H](C)[C@]2(C(=O)Nc3ccc(-c4ccccc4)cc32)N1C(=O)OC(C)(C)C. The molecule has 0 saturated carbocycles. The van der Waals surface area contributed by atoms with Gasteiger partial charge in [0.2, 0.25) is 0 Å². The Kier molecular flexibility index (Phi) is 8.13. The molecule has 0 aromatic heterocycles. The molecule has 3 aromatic rings. The van der Waals surface area contributed by atoms with Gasteiger partial charge in [-0.1, -0.05) is 73.7 Å². The Hall–Kier alpha value is -4.11. The minimum absolute atomic E-state index is 0.0694. The van der Waals surface area contributed by atoms with E-state index in [1.54, 1.807) is 32.8 Å². The number of benzene rings is 3. The molecule has 1 N–H and O–H groups in total. The summed E-state index contributed by atoms with van der Waals surface area (Å²) in [6.45, 7) is 11.9. The van der Waals surface area contributed by atoms with E-state index in [0.717, 1.165) is 22.1 Å². The molecule has 2 heterocycles. The maximum absolute atomic E-state index is 14.5. The van der Waals surface area contributed by atoms with Crippen LogP contribution >= 0.6 is 0 Å². The average Bonchev–Trinajstić information content (AvgIpc) is 3.42. The Morgan fingerprint density at radius 2 is 1.61 bits per heavy atom. The lowest BCUT2D eigenvalue weighted by atomic mass is 9.79. The molecule has 0 bridgehead atoms. The highest BCUT2D eigenvalue weighted by Gasteiger charge is 2.69. The Morgan fingerprint density at radius 3 is 2.20 bits per heavy atom. The molecule has 9 heteroatoms. The number of likely N-dealkylation sites (tertiary alicyclic amines) is 1. The van der Waals surface area contributed by atoms with Crippen molar-refractivity contribution in [2.75, 3.05) is 19.5 Å². The number of hydrogen-bond acceptors (Lipinski definition) is 6. The molecule has 2 amide bonds. The van der Waals surface area contributed by atoms with Crippen LogP contribution in [-0.2, 0) is 24.6 Å². The zero-order valence-electron chi connectivity index (χ0n) is 26.8. The minimum atomic E-state index is -2.55. The number of nitrogens with zero attached hydrogens (tertiary/aromatic N) is 1. The Bertz CT molecular complexity index is 1570. The van der Waals surface area contributed by atoms with Gasteiger partial charge in [0.1, 0.15) is 11.4 Å². The predicted molar refractivity (Wildman–Crippen MR) is 174 cm³/mol. The first-order valence-electron chi connectivity index (χ1n) is 15.0. The van der Waals surface area contributed by atoms with Crippen LogP contribution in [0, 0.1) is 5.92 Å². The largest absolute Gasteiger partial charge is 0.497 e. The maximum Gasteiger partial charge on any atom is 0.411 e. The Morgan fingerprint density at radius 1 is 0.955 bits per heavy atom. The number of amides is 2. The van der Waals surface area contributed by atoms with E-state index in [2.05, 4.69) is 30.5 Å². The first kappa shape index (κ1) is 31.3. The molecular weight excluding hydrogens is 572 g/mol. The lowest BCUT2D eigenvalue weighted by molar-refractivity contribution is -0.142. The number of carbonyl (C=O) groups excluding carboxylic acids is 3. The topological polar surface area (TPSA) is 94.2 Å². The number of fused-ring (bicyclic) bond motifs is 2. The number of ether oxygens (including phenoxy) is 3. The van der Waals surface area contributed by atoms with Gasteiger partial charge >= 0.3 is 12.1 Å². The number of carbonyl (C=O) groups is 3. The summed E-state index contributed by atoms with van der Waals surface area (Å²) in [5.74, 6) is -0.379. The third kappa shape index (κ3) is 5.17. The molecule has 1 fully saturated rings. The van der Waals surface area contributed by atoms with Crippen LogP contribution in [0.2, 0.25) is 18.6 Å². The fourth-order valence-corrected chi connectivity index (χ4v) is 11.6. The van der Waals surface area contributed by atoms with Gasteiger partial charge in [0.05, 0.1) is 28.7 Å². The van der Waals surface area contributed by atoms with E-state index < -0.39 is 37.3 Å². The van der Waals surface area contributed by atoms with Crippen molar-refractivity contribution in [2.45, 2.75) is 69.9 Å². The molecule has 44 heavy (non-hydrogen) atoms. The third-order valence-electron chi connectivity index (χ3n) is 9.32. The Balaban J connectivity index is 1.77. The summed E-state index contributed by atoms with van der Waals surface area (Å²) in [7, 11) is 0.428. The van der Waals surface area contributed by atoms with Crippen molar-refractivity contribution in [1.29, 1.82) is 0 Å². The maximum atomic E-state index is 14.5. The second-order valence-electron chi connectivity index (χ2n) is 13.3. The van der Waals surface area contributed by atoms with Crippen LogP contribution in [0.4, 0.5) is 10.5 Å². The van der Waals surface area contributed by atoms with E-state index in [1.165, 1.54) is 7.11 Å². The van der Waals surface area contributed by atoms with Gasteiger partial charge in [0.25, 0.3) is 5.91 Å². The van der Waals surface area contributed by atoms with Crippen molar-refractivity contribution in [3.8, 4) is 16.9 Å². The highest BCUT2D eigenvalue weighted by molar-refractivity contribution is 6.91. The molecular formula is C35H42N2O6Si. The summed E-state index contributed by atoms with van der Waals surface area (Å²) in [6, 6.07) is 23.2. The van der Waals surface area contributed by atoms with Crippen LogP contribution in [-0.4, -0.2) is 56.8 Å². The van der Waals surface area contributed by atoms with E-state index in [1.807, 2.05) is 67.6 Å². The predicted octanol–water partition coefficient (Wildman–Crippen LogP) is 6.31. The van der Waals surface area contributed by atoms with Crippen LogP contribution in [0.5, 0.6) is 5.75 Å². The molecule has 0 radical (unpaired) electrons. The summed E-state index contributed by atoms with van der Waals surface area (Å²) < 4.78 is 16.6. The molecule has 0 aliphatic carbocycles. The number of methoxy groups -OCH3 is 2. The Labute approximate surface area is 260 Å². The summed E-state index contributed by atoms with van der Waals surface area (Å²) in [6.07, 6.45) is -0.700. The van der Waals surface area contributed by atoms with E-state index in [-0.39, 0.29) is 23.8 Å². The summed E-state index contributed by atoms with van der Waals surface area (Å²) in [5.41, 5.74) is 0.811. The number of hydrogen-bond donors (Lipinski definition) is 1. The normalized spacial score (nSPS) is 22.9. The van der Waals surface area contributed by atoms with Crippen molar-refractivity contribution in [3.05, 3.63) is 78.4 Å². The zero-order chi connectivity index (χ0) is 32.0. The number of anilines is 1. The fraction of sp³-hybridized carbons (Fsp3) is 0.400. The van der Waals surface area contributed by atoms with E-state index in [9.17, 15) is 14.4 Å². The molecule has 1 saturated heterocycles. The second kappa shape index (κ2) is 11.4. The molecule has 3 aromatic carbocycles. The van der Waals surface area contributed by atoms with Gasteiger partial charge in [-0.3, -0.25) is 14.5 Å². The first-order valence-corrected chi connectivity index (χ1v) is 18.1. The highest BCUT2D eigenvalue weighted by atomic mass is 28.3. The molecule has 1 spiro atoms. The van der Waals surface area contributed by atoms with Crippen molar-refractivity contribution in [2.24, 2.45) is 5.92 Å². The first-order chi connectivity index (χ1) is 20.7. The molecule has 232 valence electrons. The van der Waals surface area contributed by atoms with Gasteiger partial charge in [-0.15, -0.1) is 0 Å². The van der Waals surface area contributed by atoms with Crippen LogP contribution in [0.25, 0.3) is 11.1 Å². The number of esters is 1. The minimum Gasteiger partial charge on any atom is -0.497 e. The smallest absolute Gasteiger partial charge is 0.411 e. The third-order valence-corrected chi connectivity index (χ3v) is 13.7. The quantitative estimate of drug-likeness (QED) is 0.258. The molecule has 8 nitrogen and oxygen atoms in total. The van der Waals surface area contributed by atoms with E-state index in [4.69, 9.17) is 14.2 Å². The van der Waals surface area contributed by atoms with Crippen LogP contribution in [0.3, 0.4) is 0 Å². The van der Waals surface area contributed by atoms with Gasteiger partial charge in [-0.25, -0.2) is 4.79 Å². The summed E-state index contributed by atoms with van der Waals surface area (Å²) in [5, 5.41) is 4.22. The molecule has 2 aliphatic rings. The molecule has 5 rings (SSSR count). The summed E-state index contributed by atoms with van der Waals surface area (Å²) in [4.78, 5) is 43.6. The van der Waals surface area contributed by atoms with Crippen molar-refractivity contribution in [3.63, 3.8) is 0 Å². The zero-order valence-corrected chi connectivity index (χ0v) is 27.8. The van der Waals surface area contributed by atoms with Gasteiger partial charge in [-0.2, -0.15) is 0 Å². The van der Waals surface area contributed by atoms with Crippen LogP contribution in [0.15, 0.2) is 72.8 Å². The van der Waals surface area contributed by atoms with Crippen LogP contribution < -0.4 is 15.2 Å². The van der Waals surface area contributed by atoms with E-state index in [0.29, 0.717) is 11.3 Å². The van der Waals surface area contributed by atoms with Gasteiger partial charge < -0.3 is 19.5 Å². The number of nitrogens with one attached hydrogen (secondary N) is 1. The number of rotatable bonds is 6. The highest BCUT2D eigenvalue weighted by Crippen LogP contribution is 2.61. The lowest BCUT2D eigenvalue weighted by Crippen LogP contribution is -2.56. The monoisotopic (exact) mass is 614 g/mol. The van der Waals surface area contributed by atoms with Gasteiger partial charge in [-0.05, 0) is 67.6 Å². The summed E-state index contributed by atoms with van der Waals surface area (Å²) >= 11 is 0. The average molecular weight is 615 g/mol. The fourth-order valence-electron chi connectivity index (χ4n) is 7.43. The van der Waals surface area contributed by atoms with Crippen LogP contribution in [0.1, 0.15) is 39.7 Å². The molecule has 2 aliphatic heterocycles. The van der Waals surface area contributed by atoms with Crippen molar-refractivity contribution in [1.82, 2.24) is 4.90 Å². The standard InChI is InChI=1S/C35H42N2O6Si/c1-22-31(44(7,8)26-17-15-25(41-5)16-18-26)29(21-30(38)42-6)37(33(40)43-34(2,3)4)35(22)27-20-24(23-12-10-9-11-13-23)14-19-28(27)36-32(35)39/h9-20,22,29,31H,21H2,1-8H3,(H,36,39)/t22-,29+,31-,35+/m1/s1. The molecule has 0 unspecified atom stereocenters. The van der Waals surface area contributed by atoms with Crippen molar-refractivity contribution < 1.29 is 28.6 Å². The molecule has 4 atom stereocenters. The van der Waals surface area contributed by atoms with Gasteiger partial charge in [0.15, 0.2) is 5.54 Å².